The molecule has 4 heteroatoms. The van der Waals surface area contributed by atoms with Crippen LogP contribution in [0.25, 0.3) is 0 Å². The molecule has 0 spiro atoms. The molecule has 0 fully saturated rings. The lowest BCUT2D eigenvalue weighted by Gasteiger charge is -1.92. The van der Waals surface area contributed by atoms with Crippen LogP contribution in [0.15, 0.2) is 0 Å². The number of ether oxygens (including phenoxy) is 1. The van der Waals surface area contributed by atoms with Crippen LogP contribution in [0.1, 0.15) is 20.3 Å². The molecule has 0 N–H and O–H groups in total. The molecule has 58 valence electrons. The van der Waals surface area contributed by atoms with Gasteiger partial charge in [0.25, 0.3) is 0 Å². The molecular weight excluding hydrogens is 166 g/mol. The number of thiol groups is 1. The van der Waals surface area contributed by atoms with E-state index in [4.69, 9.17) is 5.26 Å². The van der Waals surface area contributed by atoms with E-state index in [0.29, 0.717) is 17.4 Å². The molecule has 0 saturated heterocycles. The third kappa shape index (κ3) is 25.2. The highest BCUT2D eigenvalue weighted by atomic mass is 32.1. The van der Waals surface area contributed by atoms with Crippen molar-refractivity contribution in [3.63, 3.8) is 0 Å². The van der Waals surface area contributed by atoms with Gasteiger partial charge in [0.15, 0.2) is 0 Å². The maximum atomic E-state index is 7.62. The molecule has 2 nitrogen and oxygen atoms in total. The summed E-state index contributed by atoms with van der Waals surface area (Å²) >= 11 is 8.12. The summed E-state index contributed by atoms with van der Waals surface area (Å²) in [5, 5.41) is 7.62. The molecule has 0 rings (SSSR count). The van der Waals surface area contributed by atoms with Gasteiger partial charge in [-0.05, 0) is 19.1 Å². The molecule has 0 aromatic heterocycles. The maximum absolute atomic E-state index is 7.62. The highest BCUT2D eigenvalue weighted by Crippen LogP contribution is 1.83. The largest absolute Gasteiger partial charge is 0.479 e. The fourth-order valence-corrected chi connectivity index (χ4v) is 0.370. The van der Waals surface area contributed by atoms with E-state index < -0.39 is 0 Å². The SMILES string of the molecule is CCC#N.CCOC(=S)S. The van der Waals surface area contributed by atoms with Crippen LogP contribution < -0.4 is 0 Å². The summed E-state index contributed by atoms with van der Waals surface area (Å²) in [6.07, 6.45) is 0.625. The van der Waals surface area contributed by atoms with Crippen LogP contribution in [0.5, 0.6) is 0 Å². The molecule has 0 aliphatic carbocycles. The molecule has 0 aliphatic heterocycles. The van der Waals surface area contributed by atoms with E-state index in [1.807, 2.05) is 19.9 Å². The van der Waals surface area contributed by atoms with Crippen molar-refractivity contribution in [3.05, 3.63) is 0 Å². The molecule has 0 unspecified atom stereocenters. The van der Waals surface area contributed by atoms with Gasteiger partial charge in [-0.1, -0.05) is 19.6 Å². The van der Waals surface area contributed by atoms with Crippen LogP contribution in [0.4, 0.5) is 0 Å². The van der Waals surface area contributed by atoms with Crippen LogP contribution in [0, 0.1) is 11.3 Å². The summed E-state index contributed by atoms with van der Waals surface area (Å²) in [5.41, 5.74) is 0. The van der Waals surface area contributed by atoms with E-state index in [9.17, 15) is 0 Å². The van der Waals surface area contributed by atoms with Crippen LogP contribution in [-0.4, -0.2) is 11.0 Å². The van der Waals surface area contributed by atoms with Gasteiger partial charge in [-0.2, -0.15) is 5.26 Å². The normalized spacial score (nSPS) is 6.60. The highest BCUT2D eigenvalue weighted by Gasteiger charge is 1.77. The standard InChI is InChI=1S/C3H5N.C3H6OS2/c1-2-3-4;1-2-4-3(5)6/h2H2,1H3;2H2,1H3,(H,5,6). The summed E-state index contributed by atoms with van der Waals surface area (Å²) < 4.78 is 4.95. The molecule has 0 atom stereocenters. The quantitative estimate of drug-likeness (QED) is 0.492. The Bertz CT molecular complexity index is 119. The van der Waals surface area contributed by atoms with Gasteiger partial charge in [0, 0.05) is 6.42 Å². The van der Waals surface area contributed by atoms with Crippen molar-refractivity contribution >= 4 is 29.2 Å². The highest BCUT2D eigenvalue weighted by molar-refractivity contribution is 8.10. The Kier molecular flexibility index (Phi) is 14.3. The molecule has 0 aromatic carbocycles. The number of nitrogens with zero attached hydrogens (tertiary/aromatic N) is 1. The van der Waals surface area contributed by atoms with Crippen LogP contribution in [0.2, 0.25) is 0 Å². The molecule has 0 radical (unpaired) electrons. The minimum absolute atomic E-state index is 0.317. The third-order valence-corrected chi connectivity index (χ3v) is 0.673. The van der Waals surface area contributed by atoms with Crippen molar-refractivity contribution in [1.82, 2.24) is 0 Å². The number of hydrogen-bond donors (Lipinski definition) is 1. The smallest absolute Gasteiger partial charge is 0.216 e. The number of rotatable bonds is 1. The van der Waals surface area contributed by atoms with E-state index in [0.717, 1.165) is 0 Å². The molecular formula is C6H11NOS2. The van der Waals surface area contributed by atoms with Gasteiger partial charge in [-0.25, -0.2) is 0 Å². The van der Waals surface area contributed by atoms with Crippen molar-refractivity contribution in [2.75, 3.05) is 6.61 Å². The van der Waals surface area contributed by atoms with E-state index in [1.165, 1.54) is 0 Å². The van der Waals surface area contributed by atoms with Crippen molar-refractivity contribution in [1.29, 1.82) is 5.26 Å². The molecule has 0 heterocycles. The van der Waals surface area contributed by atoms with E-state index in [-0.39, 0.29) is 0 Å². The second kappa shape index (κ2) is 11.5. The van der Waals surface area contributed by atoms with Crippen molar-refractivity contribution in [2.24, 2.45) is 0 Å². The summed E-state index contributed by atoms with van der Waals surface area (Å²) in [6, 6.07) is 1.93. The molecule has 0 saturated carbocycles. The van der Waals surface area contributed by atoms with Gasteiger partial charge in [-0.15, -0.1) is 0 Å². The lowest BCUT2D eigenvalue weighted by Crippen LogP contribution is -1.89. The predicted octanol–water partition coefficient (Wildman–Crippen LogP) is 2.16. The second-order valence-corrected chi connectivity index (χ2v) is 2.29. The van der Waals surface area contributed by atoms with Gasteiger partial charge >= 0.3 is 0 Å². The van der Waals surface area contributed by atoms with Gasteiger partial charge < -0.3 is 4.74 Å². The average molecular weight is 177 g/mol. The van der Waals surface area contributed by atoms with Crippen LogP contribution >= 0.6 is 24.8 Å². The number of nitriles is 1. The van der Waals surface area contributed by atoms with Crippen LogP contribution in [0.3, 0.4) is 0 Å². The third-order valence-electron chi connectivity index (χ3n) is 0.426. The Balaban J connectivity index is 0. The Morgan fingerprint density at radius 1 is 1.70 bits per heavy atom. The minimum atomic E-state index is 0.317. The lowest BCUT2D eigenvalue weighted by molar-refractivity contribution is 0.346. The van der Waals surface area contributed by atoms with Crippen molar-refractivity contribution in [2.45, 2.75) is 20.3 Å². The second-order valence-electron chi connectivity index (χ2n) is 1.21. The first-order chi connectivity index (χ1) is 4.68. The predicted molar refractivity (Wildman–Crippen MR) is 49.1 cm³/mol. The topological polar surface area (TPSA) is 33.0 Å². The van der Waals surface area contributed by atoms with E-state index >= 15 is 0 Å². The Morgan fingerprint density at radius 2 is 2.10 bits per heavy atom. The van der Waals surface area contributed by atoms with Crippen LogP contribution in [-0.2, 0) is 4.74 Å². The molecule has 10 heavy (non-hydrogen) atoms. The summed E-state index contributed by atoms with van der Waals surface area (Å²) in [5.74, 6) is 0. The summed E-state index contributed by atoms with van der Waals surface area (Å²) in [7, 11) is 0. The fourth-order valence-electron chi connectivity index (χ4n) is 0.123. The zero-order valence-corrected chi connectivity index (χ0v) is 7.84. The van der Waals surface area contributed by atoms with Gasteiger partial charge in [0.1, 0.15) is 0 Å². The Morgan fingerprint density at radius 3 is 2.10 bits per heavy atom. The zero-order chi connectivity index (χ0) is 8.41. The fraction of sp³-hybridized carbons (Fsp3) is 0.667. The first-order valence-electron chi connectivity index (χ1n) is 2.91. The molecule has 0 aromatic rings. The van der Waals surface area contributed by atoms with Gasteiger partial charge in [0.2, 0.25) is 4.38 Å². The molecule has 0 amide bonds. The number of hydrogen-bond acceptors (Lipinski definition) is 3. The zero-order valence-electron chi connectivity index (χ0n) is 6.13. The van der Waals surface area contributed by atoms with Gasteiger partial charge in [0.05, 0.1) is 12.7 Å². The first-order valence-corrected chi connectivity index (χ1v) is 3.77. The summed E-state index contributed by atoms with van der Waals surface area (Å²) in [6.45, 7) is 4.30. The monoisotopic (exact) mass is 177 g/mol. The molecule has 0 aliphatic rings. The Hall–Kier alpha value is -0.270. The Labute approximate surface area is 72.6 Å². The minimum Gasteiger partial charge on any atom is -0.479 e. The van der Waals surface area contributed by atoms with Gasteiger partial charge in [-0.3, -0.25) is 0 Å². The summed E-state index contributed by atoms with van der Waals surface area (Å²) in [4.78, 5) is 0. The van der Waals surface area contributed by atoms with Crippen molar-refractivity contribution in [3.8, 4) is 6.07 Å². The number of thiocarbonyl (C=S) groups is 1. The van der Waals surface area contributed by atoms with E-state index in [2.05, 4.69) is 29.6 Å². The maximum Gasteiger partial charge on any atom is 0.216 e. The first kappa shape index (κ1) is 12.4. The van der Waals surface area contributed by atoms with E-state index in [1.54, 1.807) is 0 Å². The lowest BCUT2D eigenvalue weighted by atomic mass is 10.6. The van der Waals surface area contributed by atoms with Crippen molar-refractivity contribution < 1.29 is 4.74 Å². The average Bonchev–Trinajstić information content (AvgIpc) is 1.89. The molecule has 0 bridgehead atoms.